The number of morpholine rings is 1. The zero-order chi connectivity index (χ0) is 15.5. The molecule has 0 bridgehead atoms. The molecule has 1 atom stereocenters. The molecular weight excluding hydrogens is 280 g/mol. The van der Waals surface area contributed by atoms with Crippen LogP contribution in [0.25, 0.3) is 0 Å². The average Bonchev–Trinajstić information content (AvgIpc) is 2.99. The summed E-state index contributed by atoms with van der Waals surface area (Å²) in [7, 11) is 0. The first-order valence-electron chi connectivity index (χ1n) is 8.06. The number of aromatic nitrogens is 2. The summed E-state index contributed by atoms with van der Waals surface area (Å²) in [4.78, 5) is 25.4. The number of ether oxygens (including phenoxy) is 1. The van der Waals surface area contributed by atoms with Crippen LogP contribution in [-0.2, 0) is 9.53 Å². The first-order chi connectivity index (χ1) is 10.6. The number of hydrogen-bond donors (Lipinski definition) is 0. The number of carbonyl (C=O) groups excluding carboxylic acids is 1. The van der Waals surface area contributed by atoms with Crippen molar-refractivity contribution in [3.05, 3.63) is 23.3 Å². The monoisotopic (exact) mass is 304 g/mol. The van der Waals surface area contributed by atoms with Crippen molar-refractivity contribution in [3.63, 3.8) is 0 Å². The smallest absolute Gasteiger partial charge is 0.236 e. The van der Waals surface area contributed by atoms with E-state index in [1.165, 1.54) is 12.8 Å². The maximum atomic E-state index is 12.5. The van der Waals surface area contributed by atoms with Crippen LogP contribution in [-0.4, -0.2) is 65.0 Å². The molecule has 1 aromatic heterocycles. The van der Waals surface area contributed by atoms with Crippen molar-refractivity contribution in [3.8, 4) is 0 Å². The molecule has 1 aromatic rings. The van der Waals surface area contributed by atoms with Crippen LogP contribution in [0.15, 0.2) is 6.07 Å². The zero-order valence-electron chi connectivity index (χ0n) is 13.4. The van der Waals surface area contributed by atoms with Gasteiger partial charge >= 0.3 is 0 Å². The third-order valence-electron chi connectivity index (χ3n) is 4.29. The molecule has 120 valence electrons. The number of amides is 1. The van der Waals surface area contributed by atoms with Crippen LogP contribution in [0.3, 0.4) is 0 Å². The van der Waals surface area contributed by atoms with Crippen LogP contribution >= 0.6 is 0 Å². The molecule has 0 aromatic carbocycles. The molecular formula is C16H24N4O2. The third kappa shape index (κ3) is 3.62. The second-order valence-corrected chi connectivity index (χ2v) is 6.16. The van der Waals surface area contributed by atoms with Gasteiger partial charge in [-0.05, 0) is 45.8 Å². The number of aryl methyl sites for hydroxylation is 2. The Bertz CT molecular complexity index is 523. The minimum absolute atomic E-state index is 0.142. The van der Waals surface area contributed by atoms with Crippen LogP contribution in [0, 0.1) is 13.8 Å². The number of carbonyl (C=O) groups is 1. The minimum Gasteiger partial charge on any atom is -0.368 e. The van der Waals surface area contributed by atoms with Gasteiger partial charge < -0.3 is 9.64 Å². The lowest BCUT2D eigenvalue weighted by Crippen LogP contribution is -2.46. The Morgan fingerprint density at radius 2 is 2.05 bits per heavy atom. The highest BCUT2D eigenvalue weighted by Gasteiger charge is 2.28. The van der Waals surface area contributed by atoms with E-state index in [0.717, 1.165) is 30.3 Å². The van der Waals surface area contributed by atoms with Gasteiger partial charge in [-0.25, -0.2) is 9.97 Å². The second-order valence-electron chi connectivity index (χ2n) is 6.16. The van der Waals surface area contributed by atoms with Crippen molar-refractivity contribution in [2.75, 3.05) is 39.3 Å². The number of rotatable bonds is 3. The SMILES string of the molecule is Cc1cc([C@@H]2CN(C(=O)CN3CCCC3)CCO2)nc(C)n1. The molecule has 1 amide bonds. The van der Waals surface area contributed by atoms with Gasteiger partial charge in [-0.3, -0.25) is 9.69 Å². The first-order valence-corrected chi connectivity index (χ1v) is 8.06. The molecule has 2 saturated heterocycles. The molecule has 2 aliphatic heterocycles. The van der Waals surface area contributed by atoms with Crippen molar-refractivity contribution in [2.45, 2.75) is 32.8 Å². The Balaban J connectivity index is 1.64. The van der Waals surface area contributed by atoms with Crippen LogP contribution in [0.4, 0.5) is 0 Å². The zero-order valence-corrected chi connectivity index (χ0v) is 13.4. The number of hydrogen-bond acceptors (Lipinski definition) is 5. The van der Waals surface area contributed by atoms with E-state index in [9.17, 15) is 4.79 Å². The second kappa shape index (κ2) is 6.71. The molecule has 3 heterocycles. The fraction of sp³-hybridized carbons (Fsp3) is 0.688. The Kier molecular flexibility index (Phi) is 4.69. The summed E-state index contributed by atoms with van der Waals surface area (Å²) < 4.78 is 5.83. The van der Waals surface area contributed by atoms with E-state index in [1.54, 1.807) is 0 Å². The van der Waals surface area contributed by atoms with Crippen molar-refractivity contribution in [1.29, 1.82) is 0 Å². The maximum absolute atomic E-state index is 12.5. The molecule has 0 unspecified atom stereocenters. The van der Waals surface area contributed by atoms with E-state index in [2.05, 4.69) is 14.9 Å². The molecule has 2 fully saturated rings. The topological polar surface area (TPSA) is 58.6 Å². The lowest BCUT2D eigenvalue weighted by atomic mass is 10.1. The Morgan fingerprint density at radius 3 is 2.77 bits per heavy atom. The van der Waals surface area contributed by atoms with E-state index in [1.807, 2.05) is 24.8 Å². The Morgan fingerprint density at radius 1 is 1.27 bits per heavy atom. The minimum atomic E-state index is -0.142. The summed E-state index contributed by atoms with van der Waals surface area (Å²) in [6.07, 6.45) is 2.27. The van der Waals surface area contributed by atoms with Crippen LogP contribution in [0.2, 0.25) is 0 Å². The summed E-state index contributed by atoms with van der Waals surface area (Å²) >= 11 is 0. The lowest BCUT2D eigenvalue weighted by Gasteiger charge is -2.33. The molecule has 6 nitrogen and oxygen atoms in total. The fourth-order valence-electron chi connectivity index (χ4n) is 3.20. The van der Waals surface area contributed by atoms with Gasteiger partial charge in [0.1, 0.15) is 11.9 Å². The highest BCUT2D eigenvalue weighted by Crippen LogP contribution is 2.21. The molecule has 3 rings (SSSR count). The quantitative estimate of drug-likeness (QED) is 0.836. The largest absolute Gasteiger partial charge is 0.368 e. The van der Waals surface area contributed by atoms with Crippen molar-refractivity contribution in [2.24, 2.45) is 0 Å². The molecule has 22 heavy (non-hydrogen) atoms. The van der Waals surface area contributed by atoms with E-state index in [-0.39, 0.29) is 12.0 Å². The normalized spacial score (nSPS) is 23.0. The number of likely N-dealkylation sites (tertiary alicyclic amines) is 1. The van der Waals surface area contributed by atoms with Crippen molar-refractivity contribution >= 4 is 5.91 Å². The van der Waals surface area contributed by atoms with E-state index >= 15 is 0 Å². The summed E-state index contributed by atoms with van der Waals surface area (Å²) in [6.45, 7) is 8.29. The number of nitrogens with zero attached hydrogens (tertiary/aromatic N) is 4. The van der Waals surface area contributed by atoms with Gasteiger partial charge in [0, 0.05) is 12.2 Å². The molecule has 0 saturated carbocycles. The molecule has 6 heteroatoms. The summed E-state index contributed by atoms with van der Waals surface area (Å²) in [5, 5.41) is 0. The molecule has 2 aliphatic rings. The average molecular weight is 304 g/mol. The maximum Gasteiger partial charge on any atom is 0.236 e. The van der Waals surface area contributed by atoms with Gasteiger partial charge in [0.25, 0.3) is 0 Å². The van der Waals surface area contributed by atoms with Gasteiger partial charge in [-0.15, -0.1) is 0 Å². The van der Waals surface area contributed by atoms with Gasteiger partial charge in [0.2, 0.25) is 5.91 Å². The highest BCUT2D eigenvalue weighted by atomic mass is 16.5. The van der Waals surface area contributed by atoms with Gasteiger partial charge in [-0.2, -0.15) is 0 Å². The summed E-state index contributed by atoms with van der Waals surface area (Å²) in [6, 6.07) is 1.95. The van der Waals surface area contributed by atoms with E-state index < -0.39 is 0 Å². The molecule has 0 spiro atoms. The van der Waals surface area contributed by atoms with Crippen LogP contribution < -0.4 is 0 Å². The van der Waals surface area contributed by atoms with Crippen LogP contribution in [0.1, 0.15) is 36.2 Å². The van der Waals surface area contributed by atoms with E-state index in [4.69, 9.17) is 4.74 Å². The van der Waals surface area contributed by atoms with Crippen molar-refractivity contribution < 1.29 is 9.53 Å². The summed E-state index contributed by atoms with van der Waals surface area (Å²) in [5.41, 5.74) is 1.82. The van der Waals surface area contributed by atoms with Crippen molar-refractivity contribution in [1.82, 2.24) is 19.8 Å². The fourth-order valence-corrected chi connectivity index (χ4v) is 3.20. The van der Waals surface area contributed by atoms with E-state index in [0.29, 0.717) is 26.2 Å². The molecule has 0 radical (unpaired) electrons. The van der Waals surface area contributed by atoms with Gasteiger partial charge in [-0.1, -0.05) is 0 Å². The predicted octanol–water partition coefficient (Wildman–Crippen LogP) is 1.09. The summed E-state index contributed by atoms with van der Waals surface area (Å²) in [5.74, 6) is 0.955. The Labute approximate surface area is 131 Å². The van der Waals surface area contributed by atoms with Crippen LogP contribution in [0.5, 0.6) is 0 Å². The Hall–Kier alpha value is -1.53. The molecule has 0 aliphatic carbocycles. The lowest BCUT2D eigenvalue weighted by molar-refractivity contribution is -0.140. The third-order valence-corrected chi connectivity index (χ3v) is 4.29. The molecule has 0 N–H and O–H groups in total. The highest BCUT2D eigenvalue weighted by molar-refractivity contribution is 5.78. The first kappa shape index (κ1) is 15.4. The predicted molar refractivity (Wildman–Crippen MR) is 82.5 cm³/mol. The van der Waals surface area contributed by atoms with Gasteiger partial charge in [0.05, 0.1) is 25.4 Å². The standard InChI is InChI=1S/C16H24N4O2/c1-12-9-14(18-13(2)17-12)15-10-20(7-8-22-15)16(21)11-19-5-3-4-6-19/h9,15H,3-8,10-11H2,1-2H3/t15-/m0/s1. The van der Waals surface area contributed by atoms with Gasteiger partial charge in [0.15, 0.2) is 0 Å².